The highest BCUT2D eigenvalue weighted by Crippen LogP contribution is 2.29. The van der Waals surface area contributed by atoms with Gasteiger partial charge in [0.25, 0.3) is 10.0 Å². The second-order valence-corrected chi connectivity index (χ2v) is 13.3. The number of rotatable bonds is 10. The van der Waals surface area contributed by atoms with Crippen LogP contribution in [0.15, 0.2) is 71.6 Å². The first-order valence-corrected chi connectivity index (χ1v) is 15.1. The van der Waals surface area contributed by atoms with Crippen molar-refractivity contribution in [2.45, 2.75) is 57.6 Å². The van der Waals surface area contributed by atoms with Gasteiger partial charge in [-0.25, -0.2) is 8.42 Å². The van der Waals surface area contributed by atoms with E-state index in [1.165, 1.54) is 24.1 Å². The first-order valence-electron chi connectivity index (χ1n) is 12.9. The van der Waals surface area contributed by atoms with Gasteiger partial charge >= 0.3 is 0 Å². The van der Waals surface area contributed by atoms with Crippen molar-refractivity contribution in [3.63, 3.8) is 0 Å². The van der Waals surface area contributed by atoms with Crippen LogP contribution in [0.3, 0.4) is 0 Å². The molecular formula is C30H35Cl2N3O5S. The number of ether oxygens (including phenoxy) is 1. The van der Waals surface area contributed by atoms with Crippen molar-refractivity contribution >= 4 is 50.7 Å². The van der Waals surface area contributed by atoms with Gasteiger partial charge in [0.15, 0.2) is 0 Å². The third-order valence-electron chi connectivity index (χ3n) is 6.30. The van der Waals surface area contributed by atoms with Gasteiger partial charge in [-0.05, 0) is 83.1 Å². The van der Waals surface area contributed by atoms with Crippen LogP contribution in [0.1, 0.15) is 38.8 Å². The van der Waals surface area contributed by atoms with Crippen molar-refractivity contribution in [2.24, 2.45) is 0 Å². The summed E-state index contributed by atoms with van der Waals surface area (Å²) in [6.07, 6.45) is 0. The minimum absolute atomic E-state index is 0.0194. The number of nitrogens with zero attached hydrogens (tertiary/aromatic N) is 2. The highest BCUT2D eigenvalue weighted by molar-refractivity contribution is 7.92. The fourth-order valence-corrected chi connectivity index (χ4v) is 5.96. The van der Waals surface area contributed by atoms with Crippen LogP contribution in [-0.4, -0.2) is 50.4 Å². The molecule has 0 heterocycles. The van der Waals surface area contributed by atoms with Gasteiger partial charge in [0, 0.05) is 27.7 Å². The quantitative estimate of drug-likeness (QED) is 0.308. The zero-order chi connectivity index (χ0) is 30.5. The third kappa shape index (κ3) is 8.15. The van der Waals surface area contributed by atoms with Crippen LogP contribution in [0.4, 0.5) is 5.69 Å². The molecule has 0 bridgehead atoms. The predicted octanol–water partition coefficient (Wildman–Crippen LogP) is 5.84. The van der Waals surface area contributed by atoms with E-state index in [0.29, 0.717) is 21.4 Å². The van der Waals surface area contributed by atoms with Crippen molar-refractivity contribution < 1.29 is 22.7 Å². The number of benzene rings is 3. The van der Waals surface area contributed by atoms with E-state index in [0.717, 1.165) is 9.87 Å². The lowest BCUT2D eigenvalue weighted by molar-refractivity contribution is -0.140. The van der Waals surface area contributed by atoms with E-state index in [1.807, 2.05) is 27.7 Å². The first-order chi connectivity index (χ1) is 19.1. The molecule has 8 nitrogen and oxygen atoms in total. The Morgan fingerprint density at radius 1 is 0.951 bits per heavy atom. The van der Waals surface area contributed by atoms with Gasteiger partial charge in [-0.3, -0.25) is 13.9 Å². The van der Waals surface area contributed by atoms with E-state index in [-0.39, 0.29) is 17.1 Å². The van der Waals surface area contributed by atoms with Crippen molar-refractivity contribution in [3.05, 3.63) is 87.9 Å². The summed E-state index contributed by atoms with van der Waals surface area (Å²) in [5.41, 5.74) is 1.02. The van der Waals surface area contributed by atoms with Gasteiger partial charge in [-0.2, -0.15) is 0 Å². The SMILES string of the molecule is COc1ccc(N(CC(=O)N(Cc2c(Cl)cccc2Cl)[C@@H](C)C(=O)NC(C)(C)C)S(=O)(=O)c2ccc(C)cc2)cc1. The Hall–Kier alpha value is -3.27. The van der Waals surface area contributed by atoms with Crippen LogP contribution in [0, 0.1) is 6.92 Å². The number of methoxy groups -OCH3 is 1. The first kappa shape index (κ1) is 32.2. The Balaban J connectivity index is 2.08. The van der Waals surface area contributed by atoms with Gasteiger partial charge in [0.1, 0.15) is 18.3 Å². The van der Waals surface area contributed by atoms with E-state index in [2.05, 4.69) is 5.32 Å². The molecule has 41 heavy (non-hydrogen) atoms. The normalized spacial score (nSPS) is 12.4. The monoisotopic (exact) mass is 619 g/mol. The molecule has 0 spiro atoms. The summed E-state index contributed by atoms with van der Waals surface area (Å²) < 4.78 is 34.1. The fraction of sp³-hybridized carbons (Fsp3) is 0.333. The number of aryl methyl sites for hydroxylation is 1. The van der Waals surface area contributed by atoms with Crippen LogP contribution in [0.5, 0.6) is 5.75 Å². The van der Waals surface area contributed by atoms with Gasteiger partial charge in [-0.1, -0.05) is 47.0 Å². The third-order valence-corrected chi connectivity index (χ3v) is 8.80. The summed E-state index contributed by atoms with van der Waals surface area (Å²) >= 11 is 12.8. The molecule has 1 atom stereocenters. The molecule has 0 aliphatic rings. The molecule has 0 aliphatic carbocycles. The number of carbonyl (C=O) groups excluding carboxylic acids is 2. The summed E-state index contributed by atoms with van der Waals surface area (Å²) in [6, 6.07) is 16.7. The Labute approximate surface area is 252 Å². The molecule has 2 amide bonds. The average Bonchev–Trinajstić information content (AvgIpc) is 2.90. The molecule has 0 radical (unpaired) electrons. The summed E-state index contributed by atoms with van der Waals surface area (Å²) in [7, 11) is -2.69. The number of sulfonamides is 1. The van der Waals surface area contributed by atoms with Crippen LogP contribution in [-0.2, 0) is 26.2 Å². The molecule has 11 heteroatoms. The molecule has 3 aromatic carbocycles. The number of hydrogen-bond acceptors (Lipinski definition) is 5. The minimum Gasteiger partial charge on any atom is -0.497 e. The zero-order valence-electron chi connectivity index (χ0n) is 23.9. The van der Waals surface area contributed by atoms with Crippen molar-refractivity contribution in [3.8, 4) is 5.75 Å². The largest absolute Gasteiger partial charge is 0.497 e. The van der Waals surface area contributed by atoms with Gasteiger partial charge < -0.3 is 15.0 Å². The number of amides is 2. The fourth-order valence-electron chi connectivity index (χ4n) is 4.03. The average molecular weight is 621 g/mol. The molecule has 0 aliphatic heterocycles. The van der Waals surface area contributed by atoms with E-state index in [4.69, 9.17) is 27.9 Å². The minimum atomic E-state index is -4.19. The molecule has 220 valence electrons. The predicted molar refractivity (Wildman–Crippen MR) is 163 cm³/mol. The summed E-state index contributed by atoms with van der Waals surface area (Å²) in [5, 5.41) is 3.52. The molecule has 0 saturated heterocycles. The second kappa shape index (κ2) is 13.1. The lowest BCUT2D eigenvalue weighted by atomic mass is 10.1. The number of hydrogen-bond donors (Lipinski definition) is 1. The number of nitrogens with one attached hydrogen (secondary N) is 1. The van der Waals surface area contributed by atoms with Crippen molar-refractivity contribution in [2.75, 3.05) is 18.0 Å². The summed E-state index contributed by atoms with van der Waals surface area (Å²) in [5.74, 6) is -0.509. The van der Waals surface area contributed by atoms with E-state index < -0.39 is 40.0 Å². The zero-order valence-corrected chi connectivity index (χ0v) is 26.3. The Morgan fingerprint density at radius 2 is 1.51 bits per heavy atom. The Morgan fingerprint density at radius 3 is 2.02 bits per heavy atom. The van der Waals surface area contributed by atoms with Crippen LogP contribution in [0.25, 0.3) is 0 Å². The maximum atomic E-state index is 14.0. The lowest BCUT2D eigenvalue weighted by Gasteiger charge is -2.33. The molecule has 3 rings (SSSR count). The molecule has 0 fully saturated rings. The van der Waals surface area contributed by atoms with E-state index >= 15 is 0 Å². The maximum Gasteiger partial charge on any atom is 0.264 e. The standard InChI is InChI=1S/C30H35Cl2N3O5S/c1-20-10-16-24(17-11-20)41(38,39)35(22-12-14-23(40-6)15-13-22)19-28(36)34(21(2)29(37)33-30(3,4)5)18-25-26(31)8-7-9-27(25)32/h7-17,21H,18-19H2,1-6H3,(H,33,37)/t21-/m0/s1. The Kier molecular flexibility index (Phi) is 10.3. The second-order valence-electron chi connectivity index (χ2n) is 10.7. The van der Waals surface area contributed by atoms with Crippen LogP contribution >= 0.6 is 23.2 Å². The van der Waals surface area contributed by atoms with Gasteiger partial charge in [0.05, 0.1) is 17.7 Å². The molecular weight excluding hydrogens is 585 g/mol. The number of anilines is 1. The number of carbonyl (C=O) groups is 2. The van der Waals surface area contributed by atoms with E-state index in [9.17, 15) is 18.0 Å². The molecule has 1 N–H and O–H groups in total. The number of halogens is 2. The molecule has 3 aromatic rings. The highest BCUT2D eigenvalue weighted by Gasteiger charge is 2.34. The van der Waals surface area contributed by atoms with Gasteiger partial charge in [-0.15, -0.1) is 0 Å². The van der Waals surface area contributed by atoms with Gasteiger partial charge in [0.2, 0.25) is 11.8 Å². The lowest BCUT2D eigenvalue weighted by Crippen LogP contribution is -2.54. The van der Waals surface area contributed by atoms with Crippen molar-refractivity contribution in [1.29, 1.82) is 0 Å². The summed E-state index contributed by atoms with van der Waals surface area (Å²) in [6.45, 7) is 8.21. The van der Waals surface area contributed by atoms with Crippen molar-refractivity contribution in [1.82, 2.24) is 10.2 Å². The van der Waals surface area contributed by atoms with Crippen LogP contribution in [0.2, 0.25) is 10.0 Å². The Bertz CT molecular complexity index is 1470. The maximum absolute atomic E-state index is 14.0. The highest BCUT2D eigenvalue weighted by atomic mass is 35.5. The molecule has 0 aromatic heterocycles. The molecule has 0 unspecified atom stereocenters. The van der Waals surface area contributed by atoms with E-state index in [1.54, 1.807) is 61.5 Å². The molecule has 0 saturated carbocycles. The topological polar surface area (TPSA) is 96.0 Å². The summed E-state index contributed by atoms with van der Waals surface area (Å²) in [4.78, 5) is 28.6. The van der Waals surface area contributed by atoms with Crippen LogP contribution < -0.4 is 14.4 Å². The smallest absolute Gasteiger partial charge is 0.264 e.